The summed E-state index contributed by atoms with van der Waals surface area (Å²) in [5, 5.41) is 5.23. The predicted octanol–water partition coefficient (Wildman–Crippen LogP) is 3.31. The maximum Gasteiger partial charge on any atom is 0.204 e. The van der Waals surface area contributed by atoms with Gasteiger partial charge in [-0.1, -0.05) is 16.8 Å². The highest BCUT2D eigenvalue weighted by Crippen LogP contribution is 2.33. The zero-order valence-corrected chi connectivity index (χ0v) is 9.84. The Hall–Kier alpha value is -1.46. The van der Waals surface area contributed by atoms with Crippen molar-refractivity contribution in [1.29, 1.82) is 0 Å². The molecule has 0 atom stereocenters. The van der Waals surface area contributed by atoms with E-state index in [2.05, 4.69) is 15.1 Å². The van der Waals surface area contributed by atoms with Crippen LogP contribution in [0, 0.1) is 6.92 Å². The number of fused-ring (bicyclic) bond motifs is 1. The molecule has 6 heteroatoms. The summed E-state index contributed by atoms with van der Waals surface area (Å²) >= 11 is 7.66. The molecule has 0 bridgehead atoms. The summed E-state index contributed by atoms with van der Waals surface area (Å²) in [5.41, 5.74) is 0. The number of hydrogen-bond acceptors (Lipinski definition) is 5. The molecule has 3 aromatic rings. The van der Waals surface area contributed by atoms with E-state index in [0.29, 0.717) is 11.6 Å². The van der Waals surface area contributed by atoms with Gasteiger partial charge in [-0.25, -0.2) is 9.97 Å². The Morgan fingerprint density at radius 1 is 1.44 bits per heavy atom. The lowest BCUT2D eigenvalue weighted by molar-refractivity contribution is 0.430. The van der Waals surface area contributed by atoms with E-state index in [-0.39, 0.29) is 0 Å². The van der Waals surface area contributed by atoms with Gasteiger partial charge in [-0.3, -0.25) is 0 Å². The number of aromatic nitrogens is 3. The Kier molecular flexibility index (Phi) is 2.15. The Labute approximate surface area is 99.9 Å². The van der Waals surface area contributed by atoms with E-state index in [4.69, 9.17) is 16.1 Å². The molecule has 4 nitrogen and oxygen atoms in total. The number of hydrogen-bond donors (Lipinski definition) is 0. The highest BCUT2D eigenvalue weighted by molar-refractivity contribution is 7.19. The van der Waals surface area contributed by atoms with Gasteiger partial charge >= 0.3 is 0 Å². The van der Waals surface area contributed by atoms with E-state index in [0.717, 1.165) is 20.1 Å². The van der Waals surface area contributed by atoms with Gasteiger partial charge in [0, 0.05) is 22.5 Å². The molecule has 0 unspecified atom stereocenters. The summed E-state index contributed by atoms with van der Waals surface area (Å²) in [6.07, 6.45) is 3.28. The molecule has 0 fully saturated rings. The van der Waals surface area contributed by atoms with Crippen molar-refractivity contribution >= 4 is 33.2 Å². The average molecular weight is 252 g/mol. The zero-order chi connectivity index (χ0) is 11.1. The highest BCUT2D eigenvalue weighted by Gasteiger charge is 2.12. The minimum atomic E-state index is 0.530. The van der Waals surface area contributed by atoms with E-state index in [1.165, 1.54) is 0 Å². The fourth-order valence-corrected chi connectivity index (χ4v) is 2.62. The van der Waals surface area contributed by atoms with Crippen molar-refractivity contribution in [3.8, 4) is 11.6 Å². The monoisotopic (exact) mass is 251 g/mol. The quantitative estimate of drug-likeness (QED) is 0.666. The summed E-state index contributed by atoms with van der Waals surface area (Å²) < 4.78 is 5.00. The van der Waals surface area contributed by atoms with Crippen molar-refractivity contribution in [2.24, 2.45) is 0 Å². The Morgan fingerprint density at radius 3 is 3.06 bits per heavy atom. The molecule has 3 heterocycles. The molecule has 0 aromatic carbocycles. The standard InChI is InChI=1S/C10H6ClN3OS/c1-5-8(11)6-4-12-9(14-10(6)16-5)7-2-3-13-15-7/h2-4H,1H3. The second-order valence-corrected chi connectivity index (χ2v) is 4.84. The van der Waals surface area contributed by atoms with Gasteiger partial charge in [0.2, 0.25) is 5.76 Å². The van der Waals surface area contributed by atoms with Gasteiger partial charge in [-0.15, -0.1) is 11.3 Å². The molecule has 0 aliphatic carbocycles. The van der Waals surface area contributed by atoms with Crippen LogP contribution in [0.3, 0.4) is 0 Å². The van der Waals surface area contributed by atoms with Gasteiger partial charge in [-0.05, 0) is 6.92 Å². The molecule has 80 valence electrons. The van der Waals surface area contributed by atoms with Gasteiger partial charge < -0.3 is 4.52 Å². The lowest BCUT2D eigenvalue weighted by Crippen LogP contribution is -1.85. The second kappa shape index (κ2) is 3.54. The molecule has 0 saturated heterocycles. The van der Waals surface area contributed by atoms with E-state index < -0.39 is 0 Å². The van der Waals surface area contributed by atoms with Crippen LogP contribution < -0.4 is 0 Å². The van der Waals surface area contributed by atoms with Crippen LogP contribution in [0.25, 0.3) is 21.8 Å². The topological polar surface area (TPSA) is 51.8 Å². The summed E-state index contributed by atoms with van der Waals surface area (Å²) in [7, 11) is 0. The molecule has 0 spiro atoms. The van der Waals surface area contributed by atoms with Crippen molar-refractivity contribution in [2.75, 3.05) is 0 Å². The van der Waals surface area contributed by atoms with Crippen LogP contribution in [-0.4, -0.2) is 15.1 Å². The molecule has 0 amide bonds. The SMILES string of the molecule is Cc1sc2nc(-c3ccno3)ncc2c1Cl. The lowest BCUT2D eigenvalue weighted by Gasteiger charge is -1.93. The first-order chi connectivity index (χ1) is 7.75. The lowest BCUT2D eigenvalue weighted by atomic mass is 10.3. The van der Waals surface area contributed by atoms with Crippen molar-refractivity contribution in [1.82, 2.24) is 15.1 Å². The van der Waals surface area contributed by atoms with Gasteiger partial charge in [0.25, 0.3) is 0 Å². The smallest absolute Gasteiger partial charge is 0.204 e. The van der Waals surface area contributed by atoms with Crippen LogP contribution in [0.2, 0.25) is 5.02 Å². The van der Waals surface area contributed by atoms with E-state index in [1.807, 2.05) is 6.92 Å². The molecular weight excluding hydrogens is 246 g/mol. The van der Waals surface area contributed by atoms with Crippen LogP contribution >= 0.6 is 22.9 Å². The molecule has 16 heavy (non-hydrogen) atoms. The fraction of sp³-hybridized carbons (Fsp3) is 0.100. The summed E-state index contributed by atoms with van der Waals surface area (Å²) in [4.78, 5) is 10.5. The van der Waals surface area contributed by atoms with Crippen LogP contribution in [0.15, 0.2) is 23.0 Å². The molecule has 0 N–H and O–H groups in total. The van der Waals surface area contributed by atoms with E-state index in [9.17, 15) is 0 Å². The first-order valence-corrected chi connectivity index (χ1v) is 5.78. The maximum atomic E-state index is 6.11. The van der Waals surface area contributed by atoms with Gasteiger partial charge in [0.05, 0.1) is 11.2 Å². The second-order valence-electron chi connectivity index (χ2n) is 3.26. The third-order valence-corrected chi connectivity index (χ3v) is 3.82. The van der Waals surface area contributed by atoms with Crippen LogP contribution in [0.1, 0.15) is 4.88 Å². The van der Waals surface area contributed by atoms with Crippen molar-refractivity contribution < 1.29 is 4.52 Å². The number of rotatable bonds is 1. The number of aryl methyl sites for hydroxylation is 1. The third kappa shape index (κ3) is 1.40. The highest BCUT2D eigenvalue weighted by atomic mass is 35.5. The first kappa shape index (κ1) is 9.74. The maximum absolute atomic E-state index is 6.11. The van der Waals surface area contributed by atoms with E-state index in [1.54, 1.807) is 29.8 Å². The number of halogens is 1. The minimum absolute atomic E-state index is 0.530. The molecule has 0 aliphatic heterocycles. The molecule has 0 aliphatic rings. The van der Waals surface area contributed by atoms with Crippen molar-refractivity contribution in [3.05, 3.63) is 28.4 Å². The zero-order valence-electron chi connectivity index (χ0n) is 8.27. The van der Waals surface area contributed by atoms with E-state index >= 15 is 0 Å². The largest absolute Gasteiger partial charge is 0.353 e. The van der Waals surface area contributed by atoms with Gasteiger partial charge in [0.15, 0.2) is 5.82 Å². The molecule has 0 saturated carbocycles. The Bertz CT molecular complexity index is 647. The van der Waals surface area contributed by atoms with Gasteiger partial charge in [-0.2, -0.15) is 0 Å². The molecule has 3 aromatic heterocycles. The average Bonchev–Trinajstić information content (AvgIpc) is 2.88. The fourth-order valence-electron chi connectivity index (χ4n) is 1.42. The van der Waals surface area contributed by atoms with Crippen molar-refractivity contribution in [2.45, 2.75) is 6.92 Å². The Balaban J connectivity index is 2.24. The third-order valence-electron chi connectivity index (χ3n) is 2.21. The number of thiophene rings is 1. The van der Waals surface area contributed by atoms with Crippen LogP contribution in [0.4, 0.5) is 0 Å². The molecule has 3 rings (SSSR count). The van der Waals surface area contributed by atoms with Crippen molar-refractivity contribution in [3.63, 3.8) is 0 Å². The van der Waals surface area contributed by atoms with Crippen LogP contribution in [-0.2, 0) is 0 Å². The van der Waals surface area contributed by atoms with Crippen LogP contribution in [0.5, 0.6) is 0 Å². The summed E-state index contributed by atoms with van der Waals surface area (Å²) in [6.45, 7) is 1.96. The minimum Gasteiger partial charge on any atom is -0.353 e. The Morgan fingerprint density at radius 2 is 2.31 bits per heavy atom. The number of nitrogens with zero attached hydrogens (tertiary/aromatic N) is 3. The molecular formula is C10H6ClN3OS. The summed E-state index contributed by atoms with van der Waals surface area (Å²) in [6, 6.07) is 1.73. The summed E-state index contributed by atoms with van der Waals surface area (Å²) in [5.74, 6) is 1.09. The predicted molar refractivity (Wildman–Crippen MR) is 62.7 cm³/mol. The molecule has 0 radical (unpaired) electrons. The van der Waals surface area contributed by atoms with Gasteiger partial charge in [0.1, 0.15) is 4.83 Å². The first-order valence-electron chi connectivity index (χ1n) is 4.58. The normalized spacial score (nSPS) is 11.1.